The minimum atomic E-state index is -0.379. The zero-order valence-electron chi connectivity index (χ0n) is 17.3. The van der Waals surface area contributed by atoms with Crippen molar-refractivity contribution in [3.05, 3.63) is 65.2 Å². The van der Waals surface area contributed by atoms with Crippen LogP contribution in [-0.2, 0) is 11.2 Å². The zero-order valence-corrected chi connectivity index (χ0v) is 18.1. The van der Waals surface area contributed by atoms with E-state index in [0.29, 0.717) is 5.69 Å². The first kappa shape index (κ1) is 21.5. The lowest BCUT2D eigenvalue weighted by molar-refractivity contribution is -0.115. The van der Waals surface area contributed by atoms with Crippen molar-refractivity contribution in [3.8, 4) is 16.3 Å². The van der Waals surface area contributed by atoms with Crippen LogP contribution in [0.4, 0.5) is 5.69 Å². The third kappa shape index (κ3) is 5.67. The average Bonchev–Trinajstić information content (AvgIpc) is 3.23. The molecule has 0 saturated heterocycles. The molecule has 30 heavy (non-hydrogen) atoms. The van der Waals surface area contributed by atoms with Gasteiger partial charge in [-0.1, -0.05) is 25.1 Å². The van der Waals surface area contributed by atoms with E-state index in [9.17, 15) is 9.59 Å². The van der Waals surface area contributed by atoms with Gasteiger partial charge in [0.1, 0.15) is 16.5 Å². The predicted octanol–water partition coefficient (Wildman–Crippen LogP) is 4.53. The molecule has 0 aliphatic heterocycles. The average molecular weight is 424 g/mol. The summed E-state index contributed by atoms with van der Waals surface area (Å²) in [6, 6.07) is 15.2. The van der Waals surface area contributed by atoms with Crippen molar-refractivity contribution in [2.75, 3.05) is 11.9 Å². The van der Waals surface area contributed by atoms with Gasteiger partial charge in [-0.05, 0) is 56.2 Å². The molecule has 6 nitrogen and oxygen atoms in total. The fourth-order valence-corrected chi connectivity index (χ4v) is 3.66. The summed E-state index contributed by atoms with van der Waals surface area (Å²) in [4.78, 5) is 29.0. The SMILES string of the molecule is CCc1ccccc1NC(=O)CNC(=O)c1csc(-c2ccc(OC(C)C)cc2)n1. The number of benzene rings is 2. The monoisotopic (exact) mass is 423 g/mol. The van der Waals surface area contributed by atoms with Gasteiger partial charge in [-0.2, -0.15) is 0 Å². The van der Waals surface area contributed by atoms with Crippen LogP contribution in [0.25, 0.3) is 10.6 Å². The maximum atomic E-state index is 12.4. The second kappa shape index (κ2) is 10.0. The number of aromatic nitrogens is 1. The molecule has 0 radical (unpaired) electrons. The molecule has 0 aliphatic carbocycles. The third-order valence-electron chi connectivity index (χ3n) is 4.29. The number of nitrogens with zero attached hydrogens (tertiary/aromatic N) is 1. The maximum absolute atomic E-state index is 12.4. The number of amides is 2. The number of para-hydroxylation sites is 1. The second-order valence-corrected chi connectivity index (χ2v) is 7.83. The summed E-state index contributed by atoms with van der Waals surface area (Å²) in [5, 5.41) is 7.88. The first-order valence-corrected chi connectivity index (χ1v) is 10.7. The Kier molecular flexibility index (Phi) is 7.19. The minimum Gasteiger partial charge on any atom is -0.491 e. The summed E-state index contributed by atoms with van der Waals surface area (Å²) in [5.41, 5.74) is 3.01. The van der Waals surface area contributed by atoms with Gasteiger partial charge >= 0.3 is 0 Å². The van der Waals surface area contributed by atoms with E-state index in [1.807, 2.05) is 69.3 Å². The van der Waals surface area contributed by atoms with Crippen molar-refractivity contribution < 1.29 is 14.3 Å². The number of thiazole rings is 1. The van der Waals surface area contributed by atoms with Gasteiger partial charge in [0, 0.05) is 16.6 Å². The quantitative estimate of drug-likeness (QED) is 0.558. The lowest BCUT2D eigenvalue weighted by atomic mass is 10.1. The topological polar surface area (TPSA) is 80.3 Å². The second-order valence-electron chi connectivity index (χ2n) is 6.97. The molecule has 3 aromatic rings. The molecule has 0 bridgehead atoms. The van der Waals surface area contributed by atoms with Crippen LogP contribution in [0.3, 0.4) is 0 Å². The van der Waals surface area contributed by atoms with Crippen molar-refractivity contribution in [1.82, 2.24) is 10.3 Å². The minimum absolute atomic E-state index is 0.110. The normalized spacial score (nSPS) is 10.7. The Hall–Kier alpha value is -3.19. The van der Waals surface area contributed by atoms with E-state index < -0.39 is 0 Å². The highest BCUT2D eigenvalue weighted by Crippen LogP contribution is 2.26. The summed E-state index contributed by atoms with van der Waals surface area (Å²) in [5.74, 6) is 0.135. The van der Waals surface area contributed by atoms with Crippen molar-refractivity contribution in [3.63, 3.8) is 0 Å². The molecule has 1 heterocycles. The number of rotatable bonds is 8. The van der Waals surface area contributed by atoms with Crippen LogP contribution in [0.15, 0.2) is 53.9 Å². The highest BCUT2D eigenvalue weighted by atomic mass is 32.1. The molecule has 2 aromatic carbocycles. The van der Waals surface area contributed by atoms with Crippen LogP contribution < -0.4 is 15.4 Å². The number of carbonyl (C=O) groups is 2. The van der Waals surface area contributed by atoms with Crippen molar-refractivity contribution in [2.24, 2.45) is 0 Å². The Morgan fingerprint density at radius 1 is 1.10 bits per heavy atom. The molecule has 0 fully saturated rings. The molecule has 2 N–H and O–H groups in total. The lowest BCUT2D eigenvalue weighted by Crippen LogP contribution is -2.33. The van der Waals surface area contributed by atoms with E-state index in [1.54, 1.807) is 5.38 Å². The van der Waals surface area contributed by atoms with Gasteiger partial charge in [0.15, 0.2) is 0 Å². The molecular weight excluding hydrogens is 398 g/mol. The maximum Gasteiger partial charge on any atom is 0.271 e. The summed E-state index contributed by atoms with van der Waals surface area (Å²) in [6.07, 6.45) is 0.924. The van der Waals surface area contributed by atoms with Gasteiger partial charge in [-0.25, -0.2) is 4.98 Å². The summed E-state index contributed by atoms with van der Waals surface area (Å²) < 4.78 is 5.64. The molecule has 1 aromatic heterocycles. The van der Waals surface area contributed by atoms with E-state index >= 15 is 0 Å². The zero-order chi connectivity index (χ0) is 21.5. The highest BCUT2D eigenvalue weighted by molar-refractivity contribution is 7.13. The first-order valence-electron chi connectivity index (χ1n) is 9.84. The van der Waals surface area contributed by atoms with Crippen LogP contribution in [0, 0.1) is 0 Å². The van der Waals surface area contributed by atoms with Gasteiger partial charge in [-0.15, -0.1) is 11.3 Å². The Bertz CT molecular complexity index is 1010. The molecule has 156 valence electrons. The number of hydrogen-bond donors (Lipinski definition) is 2. The number of aryl methyl sites for hydroxylation is 1. The van der Waals surface area contributed by atoms with Gasteiger partial charge < -0.3 is 15.4 Å². The first-order chi connectivity index (χ1) is 14.5. The molecule has 0 aliphatic rings. The molecule has 0 spiro atoms. The smallest absolute Gasteiger partial charge is 0.271 e. The van der Waals surface area contributed by atoms with Gasteiger partial charge in [0.05, 0.1) is 12.6 Å². The van der Waals surface area contributed by atoms with E-state index in [4.69, 9.17) is 4.74 Å². The fourth-order valence-electron chi connectivity index (χ4n) is 2.85. The van der Waals surface area contributed by atoms with Gasteiger partial charge in [0.2, 0.25) is 5.91 Å². The van der Waals surface area contributed by atoms with E-state index in [1.165, 1.54) is 11.3 Å². The lowest BCUT2D eigenvalue weighted by Gasteiger charge is -2.10. The van der Waals surface area contributed by atoms with Crippen LogP contribution >= 0.6 is 11.3 Å². The number of hydrogen-bond acceptors (Lipinski definition) is 5. The molecule has 0 saturated carbocycles. The summed E-state index contributed by atoms with van der Waals surface area (Å²) >= 11 is 1.38. The summed E-state index contributed by atoms with van der Waals surface area (Å²) in [7, 11) is 0. The van der Waals surface area contributed by atoms with E-state index in [0.717, 1.165) is 34.0 Å². The van der Waals surface area contributed by atoms with Crippen LogP contribution in [0.1, 0.15) is 36.8 Å². The van der Waals surface area contributed by atoms with E-state index in [2.05, 4.69) is 15.6 Å². The Morgan fingerprint density at radius 2 is 1.83 bits per heavy atom. The summed E-state index contributed by atoms with van der Waals surface area (Å²) in [6.45, 7) is 5.85. The van der Waals surface area contributed by atoms with Crippen molar-refractivity contribution in [1.29, 1.82) is 0 Å². The Labute approximate surface area is 180 Å². The van der Waals surface area contributed by atoms with Gasteiger partial charge in [-0.3, -0.25) is 9.59 Å². The standard InChI is InChI=1S/C23H25N3O3S/c1-4-16-7-5-6-8-19(16)25-21(27)13-24-22(28)20-14-30-23(26-20)17-9-11-18(12-10-17)29-15(2)3/h5-12,14-15H,4,13H2,1-3H3,(H,24,28)(H,25,27). The Morgan fingerprint density at radius 3 is 2.53 bits per heavy atom. The van der Waals surface area contributed by atoms with Crippen LogP contribution in [0.5, 0.6) is 5.75 Å². The largest absolute Gasteiger partial charge is 0.491 e. The molecule has 7 heteroatoms. The Balaban J connectivity index is 1.56. The highest BCUT2D eigenvalue weighted by Gasteiger charge is 2.14. The predicted molar refractivity (Wildman–Crippen MR) is 120 cm³/mol. The van der Waals surface area contributed by atoms with Crippen LogP contribution in [-0.4, -0.2) is 29.4 Å². The molecule has 3 rings (SSSR count). The fraction of sp³-hybridized carbons (Fsp3) is 0.261. The van der Waals surface area contributed by atoms with Crippen LogP contribution in [0.2, 0.25) is 0 Å². The molecule has 0 unspecified atom stereocenters. The van der Waals surface area contributed by atoms with Crippen molar-refractivity contribution >= 4 is 28.8 Å². The van der Waals surface area contributed by atoms with Gasteiger partial charge in [0.25, 0.3) is 5.91 Å². The molecule has 0 atom stereocenters. The number of nitrogens with one attached hydrogen (secondary N) is 2. The van der Waals surface area contributed by atoms with Crippen molar-refractivity contribution in [2.45, 2.75) is 33.3 Å². The molecular formula is C23H25N3O3S. The number of ether oxygens (including phenoxy) is 1. The number of carbonyl (C=O) groups excluding carboxylic acids is 2. The third-order valence-corrected chi connectivity index (χ3v) is 5.18. The molecule has 2 amide bonds. The van der Waals surface area contributed by atoms with E-state index in [-0.39, 0.29) is 24.5 Å². The number of anilines is 1.